The van der Waals surface area contributed by atoms with Crippen LogP contribution < -0.4 is 5.32 Å². The summed E-state index contributed by atoms with van der Waals surface area (Å²) < 4.78 is 11.2. The quantitative estimate of drug-likeness (QED) is 0.798. The van der Waals surface area contributed by atoms with Crippen LogP contribution in [0, 0.1) is 5.92 Å². The second-order valence-electron chi connectivity index (χ2n) is 6.52. The van der Waals surface area contributed by atoms with Gasteiger partial charge < -0.3 is 14.6 Å². The number of ether oxygens (including phenoxy) is 1. The molecule has 1 atom stereocenters. The summed E-state index contributed by atoms with van der Waals surface area (Å²) in [7, 11) is 1.76. The topological polar surface area (TPSA) is 60.2 Å². The van der Waals surface area contributed by atoms with Gasteiger partial charge in [0.15, 0.2) is 0 Å². The molecule has 0 amide bonds. The van der Waals surface area contributed by atoms with E-state index >= 15 is 0 Å². The molecule has 2 aliphatic carbocycles. The van der Waals surface area contributed by atoms with E-state index in [9.17, 15) is 0 Å². The molecule has 1 unspecified atom stereocenters. The van der Waals surface area contributed by atoms with E-state index in [-0.39, 0.29) is 5.60 Å². The molecule has 2 aliphatic rings. The molecule has 2 saturated carbocycles. The molecule has 1 N–H and O–H groups in total. The van der Waals surface area contributed by atoms with E-state index in [0.717, 1.165) is 49.9 Å². The highest BCUT2D eigenvalue weighted by molar-refractivity contribution is 5.05. The second-order valence-corrected chi connectivity index (χ2v) is 6.52. The van der Waals surface area contributed by atoms with Crippen LogP contribution in [0.3, 0.4) is 0 Å². The van der Waals surface area contributed by atoms with Crippen LogP contribution in [0.2, 0.25) is 0 Å². The van der Waals surface area contributed by atoms with E-state index in [0.29, 0.717) is 6.04 Å². The minimum absolute atomic E-state index is 0.298. The Hall–Kier alpha value is -0.940. The summed E-state index contributed by atoms with van der Waals surface area (Å²) in [6.07, 6.45) is 9.02. The molecule has 0 aliphatic heterocycles. The normalized spacial score (nSPS) is 22.6. The molecule has 1 aromatic rings. The molecular formula is C16H27N3O2. The summed E-state index contributed by atoms with van der Waals surface area (Å²) >= 11 is 0. The van der Waals surface area contributed by atoms with Gasteiger partial charge in [0.1, 0.15) is 5.60 Å². The van der Waals surface area contributed by atoms with Crippen molar-refractivity contribution < 1.29 is 9.26 Å². The van der Waals surface area contributed by atoms with Gasteiger partial charge in [0.2, 0.25) is 11.7 Å². The Morgan fingerprint density at radius 1 is 1.38 bits per heavy atom. The minimum Gasteiger partial charge on any atom is -0.370 e. The molecule has 0 aromatic carbocycles. The molecule has 1 aromatic heterocycles. The fraction of sp³-hybridized carbons (Fsp3) is 0.875. The number of aromatic nitrogens is 2. The zero-order valence-electron chi connectivity index (χ0n) is 13.2. The predicted octanol–water partition coefficient (Wildman–Crippen LogP) is 2.81. The Morgan fingerprint density at radius 3 is 2.76 bits per heavy atom. The highest BCUT2D eigenvalue weighted by Crippen LogP contribution is 2.40. The number of nitrogens with one attached hydrogen (secondary N) is 1. The maximum absolute atomic E-state index is 5.73. The maximum atomic E-state index is 5.73. The number of rotatable bonds is 8. The summed E-state index contributed by atoms with van der Waals surface area (Å²) in [5.74, 6) is 2.30. The lowest BCUT2D eigenvalue weighted by Crippen LogP contribution is -2.34. The fourth-order valence-electron chi connectivity index (χ4n) is 3.41. The molecular weight excluding hydrogens is 266 g/mol. The van der Waals surface area contributed by atoms with Crippen LogP contribution in [0.4, 0.5) is 0 Å². The third-order valence-electron chi connectivity index (χ3n) is 4.92. The van der Waals surface area contributed by atoms with Crippen molar-refractivity contribution in [2.24, 2.45) is 5.92 Å². The van der Waals surface area contributed by atoms with Crippen molar-refractivity contribution in [2.75, 3.05) is 13.7 Å². The van der Waals surface area contributed by atoms with E-state index < -0.39 is 0 Å². The second kappa shape index (κ2) is 6.44. The van der Waals surface area contributed by atoms with Crippen molar-refractivity contribution >= 4 is 0 Å². The maximum Gasteiger partial charge on any atom is 0.228 e. The largest absolute Gasteiger partial charge is 0.370 e. The Bertz CT molecular complexity index is 450. The van der Waals surface area contributed by atoms with Crippen LogP contribution in [-0.2, 0) is 16.8 Å². The van der Waals surface area contributed by atoms with Gasteiger partial charge in [-0.25, -0.2) is 0 Å². The smallest absolute Gasteiger partial charge is 0.228 e. The van der Waals surface area contributed by atoms with Crippen molar-refractivity contribution in [3.63, 3.8) is 0 Å². The van der Waals surface area contributed by atoms with Crippen molar-refractivity contribution in [3.8, 4) is 0 Å². The van der Waals surface area contributed by atoms with Gasteiger partial charge in [0.05, 0.1) is 0 Å². The first kappa shape index (κ1) is 15.0. The van der Waals surface area contributed by atoms with Crippen LogP contribution >= 0.6 is 0 Å². The van der Waals surface area contributed by atoms with Crippen molar-refractivity contribution in [2.45, 2.75) is 69.9 Å². The molecule has 2 fully saturated rings. The molecule has 1 heterocycles. The minimum atomic E-state index is -0.298. The molecule has 0 spiro atoms. The van der Waals surface area contributed by atoms with Gasteiger partial charge in [-0.15, -0.1) is 0 Å². The molecule has 0 radical (unpaired) electrons. The van der Waals surface area contributed by atoms with Gasteiger partial charge in [0, 0.05) is 19.6 Å². The highest BCUT2D eigenvalue weighted by atomic mass is 16.5. The monoisotopic (exact) mass is 293 g/mol. The number of nitrogens with zero attached hydrogens (tertiary/aromatic N) is 2. The van der Waals surface area contributed by atoms with Gasteiger partial charge in [-0.3, -0.25) is 0 Å². The van der Waals surface area contributed by atoms with Gasteiger partial charge in [-0.05, 0) is 57.4 Å². The van der Waals surface area contributed by atoms with Gasteiger partial charge in [0.25, 0.3) is 0 Å². The van der Waals surface area contributed by atoms with Crippen molar-refractivity contribution in [3.05, 3.63) is 11.7 Å². The molecule has 21 heavy (non-hydrogen) atoms. The lowest BCUT2D eigenvalue weighted by molar-refractivity contribution is -0.0178. The lowest BCUT2D eigenvalue weighted by Gasteiger charge is -2.22. The van der Waals surface area contributed by atoms with Gasteiger partial charge in [-0.1, -0.05) is 12.1 Å². The van der Waals surface area contributed by atoms with Gasteiger partial charge in [-0.2, -0.15) is 4.98 Å². The Kier molecular flexibility index (Phi) is 4.60. The average molecular weight is 293 g/mol. The zero-order valence-corrected chi connectivity index (χ0v) is 13.2. The van der Waals surface area contributed by atoms with E-state index in [1.165, 1.54) is 25.7 Å². The third kappa shape index (κ3) is 3.29. The fourth-order valence-corrected chi connectivity index (χ4v) is 3.41. The first-order valence-corrected chi connectivity index (χ1v) is 8.39. The van der Waals surface area contributed by atoms with E-state index in [1.807, 2.05) is 0 Å². The third-order valence-corrected chi connectivity index (χ3v) is 4.92. The number of hydrogen-bond acceptors (Lipinski definition) is 5. The molecule has 3 rings (SSSR count). The summed E-state index contributed by atoms with van der Waals surface area (Å²) in [5, 5.41) is 7.84. The lowest BCUT2D eigenvalue weighted by atomic mass is 10.0. The Labute approximate surface area is 126 Å². The highest BCUT2D eigenvalue weighted by Gasteiger charge is 2.40. The summed E-state index contributed by atoms with van der Waals surface area (Å²) in [6, 6.07) is 0.486. The van der Waals surface area contributed by atoms with Gasteiger partial charge >= 0.3 is 0 Å². The van der Waals surface area contributed by atoms with Crippen LogP contribution in [-0.4, -0.2) is 29.8 Å². The summed E-state index contributed by atoms with van der Waals surface area (Å²) in [6.45, 7) is 3.26. The van der Waals surface area contributed by atoms with Crippen molar-refractivity contribution in [1.82, 2.24) is 15.5 Å². The molecule has 5 heteroatoms. The first-order valence-electron chi connectivity index (χ1n) is 8.39. The van der Waals surface area contributed by atoms with Crippen LogP contribution in [0.5, 0.6) is 0 Å². The van der Waals surface area contributed by atoms with Crippen molar-refractivity contribution in [1.29, 1.82) is 0 Å². The van der Waals surface area contributed by atoms with E-state index in [1.54, 1.807) is 7.11 Å². The molecule has 0 bridgehead atoms. The van der Waals surface area contributed by atoms with Crippen LogP contribution in [0.15, 0.2) is 4.52 Å². The Morgan fingerprint density at radius 2 is 2.14 bits per heavy atom. The van der Waals surface area contributed by atoms with Crippen LogP contribution in [0.1, 0.15) is 63.6 Å². The molecule has 0 saturated heterocycles. The number of hydrogen-bond donors (Lipinski definition) is 1. The molecule has 118 valence electrons. The standard InChI is InChI=1S/C16H27N3O2/c1-3-10-17-13(12-6-7-12)11-14-18-15(19-21-14)16(20-2)8-4-5-9-16/h12-13,17H,3-11H2,1-2H3. The van der Waals surface area contributed by atoms with Crippen LogP contribution in [0.25, 0.3) is 0 Å². The van der Waals surface area contributed by atoms with E-state index in [2.05, 4.69) is 22.4 Å². The number of methoxy groups -OCH3 is 1. The zero-order chi connectivity index (χ0) is 14.7. The first-order chi connectivity index (χ1) is 10.3. The van der Waals surface area contributed by atoms with E-state index in [4.69, 9.17) is 9.26 Å². The SMILES string of the molecule is CCCNC(Cc1nc(C2(OC)CCCC2)no1)C1CC1. The summed E-state index contributed by atoms with van der Waals surface area (Å²) in [4.78, 5) is 4.65. The average Bonchev–Trinajstić information content (AvgIpc) is 3.04. The molecule has 5 nitrogen and oxygen atoms in total. The Balaban J connectivity index is 1.66. The summed E-state index contributed by atoms with van der Waals surface area (Å²) in [5.41, 5.74) is -0.298. The predicted molar refractivity (Wildman–Crippen MR) is 80.0 cm³/mol.